The van der Waals surface area contributed by atoms with Crippen LogP contribution >= 0.6 is 23.2 Å². The quantitative estimate of drug-likeness (QED) is 0.776. The van der Waals surface area contributed by atoms with E-state index in [1.54, 1.807) is 0 Å². The molecular formula is C12H5Cl2FN2O. The molecule has 90 valence electrons. The zero-order valence-electron chi connectivity index (χ0n) is 8.82. The Morgan fingerprint density at radius 3 is 2.78 bits per heavy atom. The van der Waals surface area contributed by atoms with Crippen molar-refractivity contribution in [3.05, 3.63) is 51.9 Å². The second-order valence-electron chi connectivity index (χ2n) is 3.28. The summed E-state index contributed by atoms with van der Waals surface area (Å²) < 4.78 is 18.8. The molecule has 18 heavy (non-hydrogen) atoms. The lowest BCUT2D eigenvalue weighted by Crippen LogP contribution is -1.92. The van der Waals surface area contributed by atoms with E-state index in [-0.39, 0.29) is 27.4 Å². The average Bonchev–Trinajstić information content (AvgIpc) is 2.34. The summed E-state index contributed by atoms with van der Waals surface area (Å²) in [5.74, 6) is -0.749. The molecule has 0 spiro atoms. The van der Waals surface area contributed by atoms with Crippen LogP contribution in [0, 0.1) is 17.1 Å². The summed E-state index contributed by atoms with van der Waals surface area (Å²) in [7, 11) is 0. The topological polar surface area (TPSA) is 45.9 Å². The Hall–Kier alpha value is -1.83. The van der Waals surface area contributed by atoms with Gasteiger partial charge in [0, 0.05) is 6.07 Å². The molecule has 6 heteroatoms. The van der Waals surface area contributed by atoms with Crippen LogP contribution in [0.15, 0.2) is 30.3 Å². The van der Waals surface area contributed by atoms with Gasteiger partial charge in [0.05, 0.1) is 16.7 Å². The number of nitrogens with zero attached hydrogens (tertiary/aromatic N) is 2. The fourth-order valence-electron chi connectivity index (χ4n) is 1.27. The molecule has 0 aliphatic heterocycles. The Morgan fingerprint density at radius 2 is 2.06 bits per heavy atom. The van der Waals surface area contributed by atoms with Crippen molar-refractivity contribution in [2.24, 2.45) is 0 Å². The van der Waals surface area contributed by atoms with Crippen LogP contribution in [0.5, 0.6) is 11.6 Å². The maximum absolute atomic E-state index is 13.6. The van der Waals surface area contributed by atoms with E-state index in [0.29, 0.717) is 0 Å². The Balaban J connectivity index is 2.37. The summed E-state index contributed by atoms with van der Waals surface area (Å²) in [4.78, 5) is 3.83. The fraction of sp³-hybridized carbons (Fsp3) is 0. The van der Waals surface area contributed by atoms with Gasteiger partial charge in [-0.15, -0.1) is 0 Å². The summed E-state index contributed by atoms with van der Waals surface area (Å²) in [6.07, 6.45) is 0. The fourth-order valence-corrected chi connectivity index (χ4v) is 1.63. The van der Waals surface area contributed by atoms with Crippen LogP contribution in [0.25, 0.3) is 0 Å². The standard InChI is InChI=1S/C12H5Cl2FN2O/c13-8-2-1-3-9(12(8)15)18-11-5-7(6-16)4-10(14)17-11/h1-5H. The summed E-state index contributed by atoms with van der Waals surface area (Å²) in [6, 6.07) is 8.96. The number of ether oxygens (including phenoxy) is 1. The molecule has 1 aromatic carbocycles. The van der Waals surface area contributed by atoms with Crippen molar-refractivity contribution in [1.82, 2.24) is 4.98 Å². The minimum atomic E-state index is -0.695. The van der Waals surface area contributed by atoms with E-state index < -0.39 is 5.82 Å². The van der Waals surface area contributed by atoms with Gasteiger partial charge >= 0.3 is 0 Å². The van der Waals surface area contributed by atoms with E-state index >= 15 is 0 Å². The number of hydrogen-bond acceptors (Lipinski definition) is 3. The van der Waals surface area contributed by atoms with Gasteiger partial charge in [0.2, 0.25) is 5.88 Å². The van der Waals surface area contributed by atoms with Crippen molar-refractivity contribution >= 4 is 23.2 Å². The van der Waals surface area contributed by atoms with E-state index in [1.165, 1.54) is 30.3 Å². The van der Waals surface area contributed by atoms with Gasteiger partial charge in [-0.1, -0.05) is 29.3 Å². The first-order valence-electron chi connectivity index (χ1n) is 4.79. The van der Waals surface area contributed by atoms with Crippen LogP contribution in [0.1, 0.15) is 5.56 Å². The first kappa shape index (κ1) is 12.6. The molecule has 0 amide bonds. The van der Waals surface area contributed by atoms with Crippen molar-refractivity contribution in [3.8, 4) is 17.7 Å². The Kier molecular flexibility index (Phi) is 3.66. The van der Waals surface area contributed by atoms with Crippen LogP contribution < -0.4 is 4.74 Å². The minimum Gasteiger partial charge on any atom is -0.436 e. The molecular weight excluding hydrogens is 278 g/mol. The molecule has 1 aromatic heterocycles. The second kappa shape index (κ2) is 5.21. The predicted molar refractivity (Wildman–Crippen MR) is 65.4 cm³/mol. The second-order valence-corrected chi connectivity index (χ2v) is 4.08. The molecule has 2 aromatic rings. The molecule has 0 bridgehead atoms. The minimum absolute atomic E-state index is 0.0280. The van der Waals surface area contributed by atoms with E-state index in [0.717, 1.165) is 0 Å². The molecule has 0 atom stereocenters. The van der Waals surface area contributed by atoms with Gasteiger partial charge in [-0.25, -0.2) is 9.37 Å². The van der Waals surface area contributed by atoms with Crippen molar-refractivity contribution in [2.75, 3.05) is 0 Å². The maximum Gasteiger partial charge on any atom is 0.222 e. The predicted octanol–water partition coefficient (Wildman–Crippen LogP) is 4.19. The number of nitriles is 1. The van der Waals surface area contributed by atoms with Crippen molar-refractivity contribution < 1.29 is 9.13 Å². The zero-order valence-corrected chi connectivity index (χ0v) is 10.3. The lowest BCUT2D eigenvalue weighted by atomic mass is 10.3. The lowest BCUT2D eigenvalue weighted by molar-refractivity contribution is 0.427. The van der Waals surface area contributed by atoms with Gasteiger partial charge in [0.15, 0.2) is 11.6 Å². The van der Waals surface area contributed by atoms with Crippen molar-refractivity contribution in [1.29, 1.82) is 5.26 Å². The maximum atomic E-state index is 13.6. The van der Waals surface area contributed by atoms with Crippen LogP contribution in [0.4, 0.5) is 4.39 Å². The van der Waals surface area contributed by atoms with Crippen LogP contribution in [0.2, 0.25) is 10.2 Å². The highest BCUT2D eigenvalue weighted by molar-refractivity contribution is 6.30. The third kappa shape index (κ3) is 2.70. The van der Waals surface area contributed by atoms with E-state index in [9.17, 15) is 4.39 Å². The number of halogens is 3. The Bertz CT molecular complexity index is 640. The van der Waals surface area contributed by atoms with E-state index in [1.807, 2.05) is 6.07 Å². The molecule has 3 nitrogen and oxygen atoms in total. The number of rotatable bonds is 2. The highest BCUT2D eigenvalue weighted by Crippen LogP contribution is 2.28. The molecule has 2 rings (SSSR count). The molecule has 0 saturated heterocycles. The lowest BCUT2D eigenvalue weighted by Gasteiger charge is -2.07. The molecule has 0 unspecified atom stereocenters. The highest BCUT2D eigenvalue weighted by Gasteiger charge is 2.10. The molecule has 0 aliphatic rings. The molecule has 0 saturated carbocycles. The first-order chi connectivity index (χ1) is 8.60. The summed E-state index contributed by atoms with van der Waals surface area (Å²) in [5, 5.41) is 8.79. The van der Waals surface area contributed by atoms with E-state index in [2.05, 4.69) is 4.98 Å². The van der Waals surface area contributed by atoms with Crippen LogP contribution in [-0.2, 0) is 0 Å². The first-order valence-corrected chi connectivity index (χ1v) is 5.55. The van der Waals surface area contributed by atoms with Gasteiger partial charge in [0.1, 0.15) is 5.15 Å². The number of aromatic nitrogens is 1. The largest absolute Gasteiger partial charge is 0.436 e. The average molecular weight is 283 g/mol. The molecule has 0 aliphatic carbocycles. The Labute approximate surface area is 112 Å². The SMILES string of the molecule is N#Cc1cc(Cl)nc(Oc2cccc(Cl)c2F)c1. The van der Waals surface area contributed by atoms with E-state index in [4.69, 9.17) is 33.2 Å². The van der Waals surface area contributed by atoms with Gasteiger partial charge in [-0.3, -0.25) is 0 Å². The normalized spacial score (nSPS) is 9.89. The van der Waals surface area contributed by atoms with Gasteiger partial charge in [-0.2, -0.15) is 5.26 Å². The number of hydrogen-bond donors (Lipinski definition) is 0. The number of benzene rings is 1. The third-order valence-electron chi connectivity index (χ3n) is 2.03. The summed E-state index contributed by atoms with van der Waals surface area (Å²) in [5.41, 5.74) is 0.271. The van der Waals surface area contributed by atoms with Crippen LogP contribution in [0.3, 0.4) is 0 Å². The van der Waals surface area contributed by atoms with Gasteiger partial charge in [-0.05, 0) is 18.2 Å². The molecule has 0 N–H and O–H groups in total. The summed E-state index contributed by atoms with van der Waals surface area (Å²) in [6.45, 7) is 0. The van der Waals surface area contributed by atoms with Gasteiger partial charge < -0.3 is 4.74 Å². The highest BCUT2D eigenvalue weighted by atomic mass is 35.5. The van der Waals surface area contributed by atoms with Crippen molar-refractivity contribution in [2.45, 2.75) is 0 Å². The number of pyridine rings is 1. The third-order valence-corrected chi connectivity index (χ3v) is 2.52. The van der Waals surface area contributed by atoms with Crippen molar-refractivity contribution in [3.63, 3.8) is 0 Å². The van der Waals surface area contributed by atoms with Crippen LogP contribution in [-0.4, -0.2) is 4.98 Å². The monoisotopic (exact) mass is 282 g/mol. The Morgan fingerprint density at radius 1 is 1.28 bits per heavy atom. The smallest absolute Gasteiger partial charge is 0.222 e. The molecule has 0 fully saturated rings. The molecule has 1 heterocycles. The molecule has 0 radical (unpaired) electrons. The van der Waals surface area contributed by atoms with Gasteiger partial charge in [0.25, 0.3) is 0 Å². The zero-order chi connectivity index (χ0) is 13.1. The summed E-state index contributed by atoms with van der Waals surface area (Å²) >= 11 is 11.3.